The minimum Gasteiger partial charge on any atom is -0.338 e. The van der Waals surface area contributed by atoms with E-state index in [0.717, 1.165) is 39.0 Å². The van der Waals surface area contributed by atoms with Gasteiger partial charge in [-0.15, -0.1) is 0 Å². The molecule has 1 saturated heterocycles. The van der Waals surface area contributed by atoms with Crippen molar-refractivity contribution in [3.8, 4) is 0 Å². The molecule has 0 unspecified atom stereocenters. The molecule has 2 aromatic carbocycles. The fourth-order valence-corrected chi connectivity index (χ4v) is 3.81. The van der Waals surface area contributed by atoms with Crippen LogP contribution in [0.1, 0.15) is 43.2 Å². The molecule has 144 valence electrons. The zero-order valence-corrected chi connectivity index (χ0v) is 16.4. The Kier molecular flexibility index (Phi) is 7.91. The van der Waals surface area contributed by atoms with Gasteiger partial charge in [-0.1, -0.05) is 67.1 Å². The first-order valence-electron chi connectivity index (χ1n) is 10.4. The van der Waals surface area contributed by atoms with Gasteiger partial charge >= 0.3 is 0 Å². The van der Waals surface area contributed by atoms with E-state index in [0.29, 0.717) is 13.0 Å². The van der Waals surface area contributed by atoms with Gasteiger partial charge in [0.2, 0.25) is 5.91 Å². The van der Waals surface area contributed by atoms with E-state index in [1.54, 1.807) is 0 Å². The monoisotopic (exact) mass is 364 g/mol. The maximum Gasteiger partial charge on any atom is 0.224 e. The lowest BCUT2D eigenvalue weighted by atomic mass is 10.1. The standard InChI is InChI=1S/C24H32N2O/c27-24(16-20-25-17-8-3-9-18-25)26(21-23-13-6-2-7-14-23)19-10-15-22-11-4-1-5-12-22/h1-2,4-7,11-14H,3,8-10,15-21H2. The molecule has 0 radical (unpaired) electrons. The number of amides is 1. The molecule has 27 heavy (non-hydrogen) atoms. The zero-order chi connectivity index (χ0) is 18.7. The molecule has 0 spiro atoms. The van der Waals surface area contributed by atoms with E-state index in [1.165, 1.54) is 30.4 Å². The van der Waals surface area contributed by atoms with Gasteiger partial charge in [0.15, 0.2) is 0 Å². The summed E-state index contributed by atoms with van der Waals surface area (Å²) in [6, 6.07) is 20.9. The smallest absolute Gasteiger partial charge is 0.224 e. The molecular formula is C24H32N2O. The van der Waals surface area contributed by atoms with Crippen molar-refractivity contribution in [1.29, 1.82) is 0 Å². The van der Waals surface area contributed by atoms with Gasteiger partial charge < -0.3 is 9.80 Å². The Labute approximate surface area is 164 Å². The fourth-order valence-electron chi connectivity index (χ4n) is 3.81. The first-order chi connectivity index (χ1) is 13.3. The van der Waals surface area contributed by atoms with Crippen LogP contribution in [0.2, 0.25) is 0 Å². The number of nitrogens with zero attached hydrogens (tertiary/aromatic N) is 2. The number of rotatable bonds is 9. The van der Waals surface area contributed by atoms with Crippen molar-refractivity contribution in [2.24, 2.45) is 0 Å². The molecule has 1 heterocycles. The van der Waals surface area contributed by atoms with E-state index in [-0.39, 0.29) is 5.91 Å². The van der Waals surface area contributed by atoms with Crippen molar-refractivity contribution in [2.45, 2.75) is 45.1 Å². The maximum absolute atomic E-state index is 12.9. The SMILES string of the molecule is O=C(CCN1CCCCC1)N(CCCc1ccccc1)Cc1ccccc1. The summed E-state index contributed by atoms with van der Waals surface area (Å²) in [6.45, 7) is 4.75. The highest BCUT2D eigenvalue weighted by molar-refractivity contribution is 5.76. The number of aryl methyl sites for hydroxylation is 1. The quantitative estimate of drug-likeness (QED) is 0.653. The van der Waals surface area contributed by atoms with Crippen molar-refractivity contribution in [2.75, 3.05) is 26.2 Å². The van der Waals surface area contributed by atoms with E-state index in [1.807, 2.05) is 6.07 Å². The number of piperidine rings is 1. The number of carbonyl (C=O) groups is 1. The molecule has 1 aliphatic rings. The van der Waals surface area contributed by atoms with Gasteiger partial charge in [0, 0.05) is 26.1 Å². The van der Waals surface area contributed by atoms with E-state index in [9.17, 15) is 4.79 Å². The van der Waals surface area contributed by atoms with Crippen molar-refractivity contribution >= 4 is 5.91 Å². The highest BCUT2D eigenvalue weighted by Crippen LogP contribution is 2.12. The fraction of sp³-hybridized carbons (Fsp3) is 0.458. The Morgan fingerprint density at radius 1 is 0.852 bits per heavy atom. The molecule has 0 saturated carbocycles. The van der Waals surface area contributed by atoms with Crippen LogP contribution in [0.4, 0.5) is 0 Å². The first-order valence-corrected chi connectivity index (χ1v) is 10.4. The van der Waals surface area contributed by atoms with Crippen LogP contribution in [-0.4, -0.2) is 41.9 Å². The third kappa shape index (κ3) is 6.84. The number of hydrogen-bond acceptors (Lipinski definition) is 2. The predicted octanol–water partition coefficient (Wildman–Crippen LogP) is 4.52. The van der Waals surface area contributed by atoms with Crippen LogP contribution < -0.4 is 0 Å². The van der Waals surface area contributed by atoms with Crippen LogP contribution in [-0.2, 0) is 17.8 Å². The molecule has 0 aliphatic carbocycles. The van der Waals surface area contributed by atoms with Crippen molar-refractivity contribution in [1.82, 2.24) is 9.80 Å². The Morgan fingerprint density at radius 2 is 1.48 bits per heavy atom. The highest BCUT2D eigenvalue weighted by Gasteiger charge is 2.17. The Balaban J connectivity index is 1.53. The van der Waals surface area contributed by atoms with Crippen LogP contribution in [0.3, 0.4) is 0 Å². The second-order valence-corrected chi connectivity index (χ2v) is 7.54. The van der Waals surface area contributed by atoms with E-state index < -0.39 is 0 Å². The first kappa shape index (κ1) is 19.6. The molecular weight excluding hydrogens is 332 g/mol. The minimum atomic E-state index is 0.289. The van der Waals surface area contributed by atoms with E-state index >= 15 is 0 Å². The molecule has 0 bridgehead atoms. The molecule has 1 aliphatic heterocycles. The largest absolute Gasteiger partial charge is 0.338 e. The lowest BCUT2D eigenvalue weighted by Crippen LogP contribution is -2.36. The number of benzene rings is 2. The zero-order valence-electron chi connectivity index (χ0n) is 16.4. The van der Waals surface area contributed by atoms with Crippen LogP contribution in [0.25, 0.3) is 0 Å². The van der Waals surface area contributed by atoms with Gasteiger partial charge in [0.05, 0.1) is 0 Å². The lowest BCUT2D eigenvalue weighted by Gasteiger charge is -2.28. The molecule has 0 aromatic heterocycles. The van der Waals surface area contributed by atoms with Gasteiger partial charge in [-0.05, 0) is 49.9 Å². The van der Waals surface area contributed by atoms with Gasteiger partial charge in [0.1, 0.15) is 0 Å². The molecule has 0 atom stereocenters. The third-order valence-corrected chi connectivity index (χ3v) is 5.40. The van der Waals surface area contributed by atoms with Crippen molar-refractivity contribution in [3.63, 3.8) is 0 Å². The molecule has 3 nitrogen and oxygen atoms in total. The second kappa shape index (κ2) is 10.9. The molecule has 1 amide bonds. The predicted molar refractivity (Wildman–Crippen MR) is 112 cm³/mol. The lowest BCUT2D eigenvalue weighted by molar-refractivity contribution is -0.132. The minimum absolute atomic E-state index is 0.289. The van der Waals surface area contributed by atoms with Crippen LogP contribution in [0, 0.1) is 0 Å². The maximum atomic E-state index is 12.9. The summed E-state index contributed by atoms with van der Waals surface area (Å²) in [4.78, 5) is 17.4. The number of hydrogen-bond donors (Lipinski definition) is 0. The van der Waals surface area contributed by atoms with Gasteiger partial charge in [-0.2, -0.15) is 0 Å². The van der Waals surface area contributed by atoms with Crippen LogP contribution in [0.15, 0.2) is 60.7 Å². The summed E-state index contributed by atoms with van der Waals surface area (Å²) in [6.07, 6.45) is 6.55. The molecule has 3 heteroatoms. The van der Waals surface area contributed by atoms with E-state index in [2.05, 4.69) is 64.4 Å². The summed E-state index contributed by atoms with van der Waals surface area (Å²) < 4.78 is 0. The average molecular weight is 365 g/mol. The van der Waals surface area contributed by atoms with Gasteiger partial charge in [0.25, 0.3) is 0 Å². The average Bonchev–Trinajstić information content (AvgIpc) is 2.73. The summed E-state index contributed by atoms with van der Waals surface area (Å²) >= 11 is 0. The Bertz CT molecular complexity index is 665. The van der Waals surface area contributed by atoms with E-state index in [4.69, 9.17) is 0 Å². The van der Waals surface area contributed by atoms with Crippen LogP contribution >= 0.6 is 0 Å². The van der Waals surface area contributed by atoms with Gasteiger partial charge in [-0.25, -0.2) is 0 Å². The molecule has 0 N–H and O–H groups in total. The summed E-state index contributed by atoms with van der Waals surface area (Å²) in [5.74, 6) is 0.289. The summed E-state index contributed by atoms with van der Waals surface area (Å²) in [5, 5.41) is 0. The van der Waals surface area contributed by atoms with Crippen molar-refractivity contribution in [3.05, 3.63) is 71.8 Å². The van der Waals surface area contributed by atoms with Crippen molar-refractivity contribution < 1.29 is 4.79 Å². The number of likely N-dealkylation sites (tertiary alicyclic amines) is 1. The third-order valence-electron chi connectivity index (χ3n) is 5.40. The normalized spacial score (nSPS) is 14.8. The second-order valence-electron chi connectivity index (χ2n) is 7.54. The molecule has 2 aromatic rings. The Hall–Kier alpha value is -2.13. The highest BCUT2D eigenvalue weighted by atomic mass is 16.2. The topological polar surface area (TPSA) is 23.6 Å². The molecule has 3 rings (SSSR count). The molecule has 1 fully saturated rings. The summed E-state index contributed by atoms with van der Waals surface area (Å²) in [5.41, 5.74) is 2.56. The Morgan fingerprint density at radius 3 is 2.15 bits per heavy atom. The summed E-state index contributed by atoms with van der Waals surface area (Å²) in [7, 11) is 0. The number of carbonyl (C=O) groups excluding carboxylic acids is 1. The van der Waals surface area contributed by atoms with Crippen LogP contribution in [0.5, 0.6) is 0 Å². The van der Waals surface area contributed by atoms with Gasteiger partial charge in [-0.3, -0.25) is 4.79 Å².